The first-order chi connectivity index (χ1) is 13.1. The smallest absolute Gasteiger partial charge is 0.311 e. The molecule has 0 unspecified atom stereocenters. The van der Waals surface area contributed by atoms with E-state index in [1.54, 1.807) is 4.90 Å². The summed E-state index contributed by atoms with van der Waals surface area (Å²) >= 11 is 0. The molecule has 1 amide bonds. The Hall–Kier alpha value is -3.15. The molecule has 6 nitrogen and oxygen atoms in total. The molecule has 0 N–H and O–H groups in total. The molecule has 1 aliphatic heterocycles. The molecule has 27 heavy (non-hydrogen) atoms. The number of nitrogens with zero attached hydrogens (tertiary/aromatic N) is 3. The number of aromatic nitrogens is 2. The number of imidazole rings is 1. The van der Waals surface area contributed by atoms with Crippen LogP contribution in [0.25, 0.3) is 5.65 Å². The van der Waals surface area contributed by atoms with Crippen LogP contribution in [0, 0.1) is 5.92 Å². The summed E-state index contributed by atoms with van der Waals surface area (Å²) in [6.45, 7) is 2.48. The summed E-state index contributed by atoms with van der Waals surface area (Å²) in [7, 11) is 0. The van der Waals surface area contributed by atoms with Crippen LogP contribution in [-0.4, -0.2) is 32.7 Å². The van der Waals surface area contributed by atoms with Gasteiger partial charge in [-0.1, -0.05) is 36.4 Å². The number of esters is 1. The molecule has 0 radical (unpaired) electrons. The summed E-state index contributed by atoms with van der Waals surface area (Å²) in [5.74, 6) is -0.787. The number of carbonyl (C=O) groups is 2. The average molecular weight is 363 g/mol. The Morgan fingerprint density at radius 2 is 2.00 bits per heavy atom. The zero-order valence-electron chi connectivity index (χ0n) is 15.1. The molecule has 138 valence electrons. The van der Waals surface area contributed by atoms with E-state index in [2.05, 4.69) is 4.98 Å². The highest BCUT2D eigenvalue weighted by molar-refractivity contribution is 5.87. The van der Waals surface area contributed by atoms with Crippen LogP contribution >= 0.6 is 0 Å². The van der Waals surface area contributed by atoms with Crippen molar-refractivity contribution in [2.24, 2.45) is 5.92 Å². The lowest BCUT2D eigenvalue weighted by molar-refractivity contribution is -0.149. The number of hydrogen-bond acceptors (Lipinski definition) is 4. The maximum atomic E-state index is 12.4. The number of likely N-dealkylation sites (tertiary alicyclic amines) is 1. The molecule has 1 aromatic carbocycles. The van der Waals surface area contributed by atoms with E-state index in [4.69, 9.17) is 4.74 Å². The molecule has 6 heteroatoms. The van der Waals surface area contributed by atoms with Crippen LogP contribution in [-0.2, 0) is 20.9 Å². The van der Waals surface area contributed by atoms with Gasteiger partial charge in [0, 0.05) is 25.4 Å². The van der Waals surface area contributed by atoms with E-state index in [1.807, 2.05) is 72.2 Å². The van der Waals surface area contributed by atoms with Gasteiger partial charge < -0.3 is 14.0 Å². The number of carbonyl (C=O) groups excluding carboxylic acids is 2. The standard InChI is InChI=1S/C21H21N3O3/c1-15(16-7-3-2-4-8-16)24-12-17(11-20(24)25)21(26)27-14-18-13-23-10-6-5-9-19(23)22-18/h2-10,13,15,17H,11-12,14H2,1H3/t15-,17-/m1/s1. The summed E-state index contributed by atoms with van der Waals surface area (Å²) < 4.78 is 7.31. The third kappa shape index (κ3) is 3.56. The van der Waals surface area contributed by atoms with Gasteiger partial charge in [0.05, 0.1) is 17.7 Å². The van der Waals surface area contributed by atoms with Crippen molar-refractivity contribution < 1.29 is 14.3 Å². The zero-order valence-corrected chi connectivity index (χ0v) is 15.1. The fourth-order valence-electron chi connectivity index (χ4n) is 3.49. The fourth-order valence-corrected chi connectivity index (χ4v) is 3.49. The molecule has 3 aromatic rings. The molecule has 4 rings (SSSR count). The molecule has 1 aliphatic rings. The van der Waals surface area contributed by atoms with Gasteiger partial charge >= 0.3 is 5.97 Å². The van der Waals surface area contributed by atoms with Gasteiger partial charge in [0.15, 0.2) is 0 Å². The Morgan fingerprint density at radius 1 is 1.22 bits per heavy atom. The Morgan fingerprint density at radius 3 is 2.78 bits per heavy atom. The van der Waals surface area contributed by atoms with Crippen LogP contribution in [0.3, 0.4) is 0 Å². The summed E-state index contributed by atoms with van der Waals surface area (Å²) in [5.41, 5.74) is 2.56. The number of benzene rings is 1. The van der Waals surface area contributed by atoms with Gasteiger partial charge in [-0.3, -0.25) is 9.59 Å². The fraction of sp³-hybridized carbons (Fsp3) is 0.286. The van der Waals surface area contributed by atoms with Gasteiger partial charge in [0.2, 0.25) is 5.91 Å². The van der Waals surface area contributed by atoms with Crippen molar-refractivity contribution >= 4 is 17.5 Å². The average Bonchev–Trinajstić information content (AvgIpc) is 3.29. The van der Waals surface area contributed by atoms with Crippen LogP contribution < -0.4 is 0 Å². The third-order valence-electron chi connectivity index (χ3n) is 5.02. The molecule has 2 atom stereocenters. The highest BCUT2D eigenvalue weighted by atomic mass is 16.5. The number of rotatable bonds is 5. The first kappa shape index (κ1) is 17.3. The first-order valence-electron chi connectivity index (χ1n) is 9.05. The minimum Gasteiger partial charge on any atom is -0.459 e. The third-order valence-corrected chi connectivity index (χ3v) is 5.02. The highest BCUT2D eigenvalue weighted by Gasteiger charge is 2.37. The van der Waals surface area contributed by atoms with Gasteiger partial charge in [-0.2, -0.15) is 0 Å². The second-order valence-corrected chi connectivity index (χ2v) is 6.84. The minimum atomic E-state index is -0.430. The topological polar surface area (TPSA) is 63.9 Å². The Bertz CT molecular complexity index is 934. The second-order valence-electron chi connectivity index (χ2n) is 6.84. The zero-order chi connectivity index (χ0) is 18.8. The van der Waals surface area contributed by atoms with Crippen molar-refractivity contribution in [3.8, 4) is 0 Å². The largest absolute Gasteiger partial charge is 0.459 e. The molecule has 0 bridgehead atoms. The van der Waals surface area contributed by atoms with Crippen molar-refractivity contribution in [1.82, 2.24) is 14.3 Å². The maximum absolute atomic E-state index is 12.4. The first-order valence-corrected chi connectivity index (χ1v) is 9.05. The van der Waals surface area contributed by atoms with Crippen LogP contribution in [0.5, 0.6) is 0 Å². The number of ether oxygens (including phenoxy) is 1. The molecule has 3 heterocycles. The predicted octanol–water partition coefficient (Wildman–Crippen LogP) is 2.99. The van der Waals surface area contributed by atoms with E-state index in [0.29, 0.717) is 12.2 Å². The molecule has 1 saturated heterocycles. The lowest BCUT2D eigenvalue weighted by atomic mass is 10.1. The van der Waals surface area contributed by atoms with Crippen LogP contribution in [0.4, 0.5) is 0 Å². The molecule has 0 aliphatic carbocycles. The molecular formula is C21H21N3O3. The lowest BCUT2D eigenvalue weighted by Crippen LogP contribution is -2.29. The van der Waals surface area contributed by atoms with Crippen LogP contribution in [0.1, 0.15) is 30.6 Å². The van der Waals surface area contributed by atoms with Crippen molar-refractivity contribution in [2.45, 2.75) is 26.0 Å². The maximum Gasteiger partial charge on any atom is 0.311 e. The van der Waals surface area contributed by atoms with Gasteiger partial charge in [-0.25, -0.2) is 4.98 Å². The predicted molar refractivity (Wildman–Crippen MR) is 99.7 cm³/mol. The Labute approximate surface area is 157 Å². The van der Waals surface area contributed by atoms with Crippen molar-refractivity contribution in [1.29, 1.82) is 0 Å². The number of pyridine rings is 1. The highest BCUT2D eigenvalue weighted by Crippen LogP contribution is 2.29. The molecule has 2 aromatic heterocycles. The lowest BCUT2D eigenvalue weighted by Gasteiger charge is -2.25. The number of amides is 1. The SMILES string of the molecule is C[C@H](c1ccccc1)N1C[C@H](C(=O)OCc2cn3ccccc3n2)CC1=O. The van der Waals surface area contributed by atoms with Crippen molar-refractivity contribution in [3.63, 3.8) is 0 Å². The molecule has 0 saturated carbocycles. The van der Waals surface area contributed by atoms with E-state index >= 15 is 0 Å². The van der Waals surface area contributed by atoms with E-state index in [-0.39, 0.29) is 30.9 Å². The normalized spacial score (nSPS) is 18.0. The minimum absolute atomic E-state index is 0.0129. The quantitative estimate of drug-likeness (QED) is 0.654. The second kappa shape index (κ2) is 7.23. The van der Waals surface area contributed by atoms with Gasteiger partial charge in [-0.15, -0.1) is 0 Å². The van der Waals surface area contributed by atoms with E-state index in [0.717, 1.165) is 11.2 Å². The van der Waals surface area contributed by atoms with Crippen LogP contribution in [0.15, 0.2) is 60.9 Å². The molecule has 1 fully saturated rings. The van der Waals surface area contributed by atoms with Crippen LogP contribution in [0.2, 0.25) is 0 Å². The van der Waals surface area contributed by atoms with E-state index in [1.165, 1.54) is 0 Å². The van der Waals surface area contributed by atoms with Gasteiger partial charge in [0.1, 0.15) is 12.3 Å². The summed E-state index contributed by atoms with van der Waals surface area (Å²) in [5, 5.41) is 0. The summed E-state index contributed by atoms with van der Waals surface area (Å²) in [6.07, 6.45) is 3.93. The molecule has 0 spiro atoms. The van der Waals surface area contributed by atoms with E-state index < -0.39 is 5.92 Å². The number of fused-ring (bicyclic) bond motifs is 1. The van der Waals surface area contributed by atoms with Crippen molar-refractivity contribution in [3.05, 3.63) is 72.2 Å². The van der Waals surface area contributed by atoms with Gasteiger partial charge in [0.25, 0.3) is 0 Å². The Kier molecular flexibility index (Phi) is 4.62. The molecular weight excluding hydrogens is 342 g/mol. The monoisotopic (exact) mass is 363 g/mol. The van der Waals surface area contributed by atoms with E-state index in [9.17, 15) is 9.59 Å². The summed E-state index contributed by atoms with van der Waals surface area (Å²) in [4.78, 5) is 31.0. The summed E-state index contributed by atoms with van der Waals surface area (Å²) in [6, 6.07) is 15.5. The van der Waals surface area contributed by atoms with Gasteiger partial charge in [-0.05, 0) is 24.6 Å². The Balaban J connectivity index is 1.37. The number of hydrogen-bond donors (Lipinski definition) is 0. The van der Waals surface area contributed by atoms with Crippen molar-refractivity contribution in [2.75, 3.05) is 6.54 Å².